The molecule has 2 aromatic heterocycles. The van der Waals surface area contributed by atoms with E-state index in [1.54, 1.807) is 6.07 Å². The average Bonchev–Trinajstić information content (AvgIpc) is 2.95. The minimum Gasteiger partial charge on any atom is -0.454 e. The fourth-order valence-electron chi connectivity index (χ4n) is 2.99. The zero-order chi connectivity index (χ0) is 15.5. The number of amides is 1. The maximum Gasteiger partial charge on any atom is 0.289 e. The molecule has 0 radical (unpaired) electrons. The summed E-state index contributed by atoms with van der Waals surface area (Å²) in [4.78, 5) is 14.4. The van der Waals surface area contributed by atoms with Gasteiger partial charge in [0.1, 0.15) is 5.76 Å². The number of likely N-dealkylation sites (tertiary alicyclic amines) is 1. The van der Waals surface area contributed by atoms with Crippen molar-refractivity contribution in [2.75, 3.05) is 13.1 Å². The molecule has 22 heavy (non-hydrogen) atoms. The van der Waals surface area contributed by atoms with E-state index in [2.05, 4.69) is 5.10 Å². The van der Waals surface area contributed by atoms with Crippen molar-refractivity contribution in [3.8, 4) is 0 Å². The van der Waals surface area contributed by atoms with Crippen LogP contribution in [0.4, 0.5) is 0 Å². The highest BCUT2D eigenvalue weighted by Crippen LogP contribution is 2.16. The fourth-order valence-corrected chi connectivity index (χ4v) is 2.99. The summed E-state index contributed by atoms with van der Waals surface area (Å²) < 4.78 is 7.65. The largest absolute Gasteiger partial charge is 0.454 e. The molecule has 5 heteroatoms. The number of furan rings is 1. The van der Waals surface area contributed by atoms with Crippen molar-refractivity contribution in [3.05, 3.63) is 41.1 Å². The Kier molecular flexibility index (Phi) is 4.32. The van der Waals surface area contributed by atoms with Gasteiger partial charge >= 0.3 is 0 Å². The molecule has 2 aromatic rings. The minimum absolute atomic E-state index is 0.0153. The van der Waals surface area contributed by atoms with Crippen LogP contribution in [0.2, 0.25) is 0 Å². The Morgan fingerprint density at radius 2 is 1.91 bits per heavy atom. The van der Waals surface area contributed by atoms with E-state index in [9.17, 15) is 4.79 Å². The molecule has 3 rings (SSSR count). The molecule has 0 N–H and O–H groups in total. The van der Waals surface area contributed by atoms with Crippen molar-refractivity contribution in [3.63, 3.8) is 0 Å². The molecular formula is C17H23N3O2. The summed E-state index contributed by atoms with van der Waals surface area (Å²) in [5, 5.41) is 4.42. The van der Waals surface area contributed by atoms with Crippen molar-refractivity contribution in [2.24, 2.45) is 0 Å². The summed E-state index contributed by atoms with van der Waals surface area (Å²) in [5.74, 6) is 1.23. The van der Waals surface area contributed by atoms with Gasteiger partial charge in [0, 0.05) is 18.8 Å². The van der Waals surface area contributed by atoms with Gasteiger partial charge in [-0.1, -0.05) is 12.8 Å². The lowest BCUT2D eigenvalue weighted by molar-refractivity contribution is 0.0727. The second-order valence-electron chi connectivity index (χ2n) is 6.06. The number of rotatable bonds is 3. The summed E-state index contributed by atoms with van der Waals surface area (Å²) in [5.41, 5.74) is 2.08. The van der Waals surface area contributed by atoms with Gasteiger partial charge in [-0.05, 0) is 44.9 Å². The topological polar surface area (TPSA) is 51.3 Å². The van der Waals surface area contributed by atoms with Crippen LogP contribution in [0.1, 0.15) is 53.4 Å². The molecule has 118 valence electrons. The molecule has 0 aliphatic carbocycles. The van der Waals surface area contributed by atoms with E-state index in [0.717, 1.165) is 43.1 Å². The van der Waals surface area contributed by atoms with Crippen LogP contribution in [-0.4, -0.2) is 33.7 Å². The van der Waals surface area contributed by atoms with Crippen molar-refractivity contribution in [1.82, 2.24) is 14.7 Å². The number of hydrogen-bond donors (Lipinski definition) is 0. The van der Waals surface area contributed by atoms with Crippen molar-refractivity contribution >= 4 is 5.91 Å². The van der Waals surface area contributed by atoms with Gasteiger partial charge in [0.2, 0.25) is 0 Å². The van der Waals surface area contributed by atoms with E-state index in [0.29, 0.717) is 12.3 Å². The van der Waals surface area contributed by atoms with Gasteiger partial charge in [-0.2, -0.15) is 5.10 Å². The SMILES string of the molecule is Cc1cc(C)n(Cc2ccc(C(=O)N3CCCCCC3)o2)n1. The number of hydrogen-bond acceptors (Lipinski definition) is 3. The number of carbonyl (C=O) groups excluding carboxylic acids is 1. The lowest BCUT2D eigenvalue weighted by Gasteiger charge is -2.18. The Hall–Kier alpha value is -2.04. The first kappa shape index (κ1) is 14.9. The van der Waals surface area contributed by atoms with Crippen LogP contribution in [-0.2, 0) is 6.54 Å². The predicted molar refractivity (Wildman–Crippen MR) is 83.9 cm³/mol. The highest BCUT2D eigenvalue weighted by atomic mass is 16.4. The van der Waals surface area contributed by atoms with Crippen molar-refractivity contribution in [1.29, 1.82) is 0 Å². The van der Waals surface area contributed by atoms with Gasteiger partial charge in [0.25, 0.3) is 5.91 Å². The molecule has 1 amide bonds. The van der Waals surface area contributed by atoms with Crippen LogP contribution in [0.3, 0.4) is 0 Å². The molecule has 1 saturated heterocycles. The summed E-state index contributed by atoms with van der Waals surface area (Å²) in [6.07, 6.45) is 4.60. The molecular weight excluding hydrogens is 278 g/mol. The van der Waals surface area contributed by atoms with E-state index in [1.807, 2.05) is 35.6 Å². The molecule has 3 heterocycles. The van der Waals surface area contributed by atoms with E-state index in [-0.39, 0.29) is 5.91 Å². The van der Waals surface area contributed by atoms with Crippen LogP contribution in [0.5, 0.6) is 0 Å². The number of carbonyl (C=O) groups is 1. The van der Waals surface area contributed by atoms with Gasteiger partial charge in [0.05, 0.1) is 12.2 Å². The third kappa shape index (κ3) is 3.24. The molecule has 0 saturated carbocycles. The van der Waals surface area contributed by atoms with Crippen LogP contribution in [0, 0.1) is 13.8 Å². The number of nitrogens with zero attached hydrogens (tertiary/aromatic N) is 3. The van der Waals surface area contributed by atoms with Crippen molar-refractivity contribution in [2.45, 2.75) is 46.1 Å². The average molecular weight is 301 g/mol. The minimum atomic E-state index is 0.0153. The second kappa shape index (κ2) is 6.38. The lowest BCUT2D eigenvalue weighted by atomic mass is 10.2. The lowest BCUT2D eigenvalue weighted by Crippen LogP contribution is -2.31. The van der Waals surface area contributed by atoms with Crippen LogP contribution < -0.4 is 0 Å². The Labute approximate surface area is 130 Å². The smallest absolute Gasteiger partial charge is 0.289 e. The Morgan fingerprint density at radius 1 is 1.18 bits per heavy atom. The van der Waals surface area contributed by atoms with Crippen LogP contribution in [0.25, 0.3) is 0 Å². The summed E-state index contributed by atoms with van der Waals surface area (Å²) >= 11 is 0. The molecule has 1 aliphatic heterocycles. The van der Waals surface area contributed by atoms with E-state index >= 15 is 0 Å². The van der Waals surface area contributed by atoms with Gasteiger partial charge in [-0.3, -0.25) is 9.48 Å². The Morgan fingerprint density at radius 3 is 2.55 bits per heavy atom. The third-order valence-electron chi connectivity index (χ3n) is 4.17. The highest BCUT2D eigenvalue weighted by molar-refractivity contribution is 5.91. The monoisotopic (exact) mass is 301 g/mol. The second-order valence-corrected chi connectivity index (χ2v) is 6.06. The molecule has 0 bridgehead atoms. The number of aryl methyl sites for hydroxylation is 2. The van der Waals surface area contributed by atoms with Crippen LogP contribution in [0.15, 0.2) is 22.6 Å². The Balaban J connectivity index is 1.70. The maximum atomic E-state index is 12.5. The molecule has 1 fully saturated rings. The first-order chi connectivity index (χ1) is 10.6. The van der Waals surface area contributed by atoms with Gasteiger partial charge in [0.15, 0.2) is 5.76 Å². The quantitative estimate of drug-likeness (QED) is 0.875. The molecule has 0 atom stereocenters. The molecule has 1 aliphatic rings. The maximum absolute atomic E-state index is 12.5. The predicted octanol–water partition coefficient (Wildman–Crippen LogP) is 3.16. The number of aromatic nitrogens is 2. The van der Waals surface area contributed by atoms with Gasteiger partial charge < -0.3 is 9.32 Å². The molecule has 5 nitrogen and oxygen atoms in total. The fraction of sp³-hybridized carbons (Fsp3) is 0.529. The zero-order valence-electron chi connectivity index (χ0n) is 13.3. The first-order valence-electron chi connectivity index (χ1n) is 8.02. The van der Waals surface area contributed by atoms with E-state index < -0.39 is 0 Å². The summed E-state index contributed by atoms with van der Waals surface area (Å²) in [7, 11) is 0. The third-order valence-corrected chi connectivity index (χ3v) is 4.17. The first-order valence-corrected chi connectivity index (χ1v) is 8.02. The molecule has 0 aromatic carbocycles. The van der Waals surface area contributed by atoms with E-state index in [1.165, 1.54) is 12.8 Å². The molecule has 0 spiro atoms. The van der Waals surface area contributed by atoms with Gasteiger partial charge in [-0.15, -0.1) is 0 Å². The normalized spacial score (nSPS) is 15.8. The highest BCUT2D eigenvalue weighted by Gasteiger charge is 2.20. The van der Waals surface area contributed by atoms with E-state index in [4.69, 9.17) is 4.42 Å². The Bertz CT molecular complexity index is 649. The summed E-state index contributed by atoms with van der Waals surface area (Å²) in [6.45, 7) is 6.23. The zero-order valence-corrected chi connectivity index (χ0v) is 13.3. The van der Waals surface area contributed by atoms with Gasteiger partial charge in [-0.25, -0.2) is 0 Å². The molecule has 0 unspecified atom stereocenters. The van der Waals surface area contributed by atoms with Crippen molar-refractivity contribution < 1.29 is 9.21 Å². The van der Waals surface area contributed by atoms with Crippen LogP contribution >= 0.6 is 0 Å². The summed E-state index contributed by atoms with van der Waals surface area (Å²) in [6, 6.07) is 5.70. The standard InChI is InChI=1S/C17H23N3O2/c1-13-11-14(2)20(18-13)12-15-7-8-16(22-15)17(21)19-9-5-3-4-6-10-19/h7-8,11H,3-6,9-10,12H2,1-2H3.